The van der Waals surface area contributed by atoms with E-state index in [2.05, 4.69) is 21.2 Å². The summed E-state index contributed by atoms with van der Waals surface area (Å²) >= 11 is 6.10. The van der Waals surface area contributed by atoms with Crippen LogP contribution >= 0.6 is 11.6 Å². The minimum Gasteiger partial charge on any atom is -0.472 e. The molecule has 0 amide bonds. The number of H-pyrrole nitrogens is 1. The van der Waals surface area contributed by atoms with Gasteiger partial charge in [-0.1, -0.05) is 11.6 Å². The summed E-state index contributed by atoms with van der Waals surface area (Å²) in [6.07, 6.45) is 6.30. The van der Waals surface area contributed by atoms with Crippen molar-refractivity contribution >= 4 is 17.3 Å². The zero-order valence-electron chi connectivity index (χ0n) is 14.4. The van der Waals surface area contributed by atoms with Crippen LogP contribution in [0.15, 0.2) is 29.3 Å². The standard InChI is InChI=1S/C18H21ClN4O3/c19-17-15(10-21-22-18(17)24)23-6-2-14(11-23)26-16-9-13(1-5-20-16)12-3-7-25-8-4-12/h1,5,9-10,12,14H,2-4,6-8,11H2,(H,22,24)/t14-/m1/s1. The molecule has 0 spiro atoms. The molecule has 0 saturated carbocycles. The molecule has 0 aliphatic carbocycles. The number of hydrogen-bond donors (Lipinski definition) is 1. The van der Waals surface area contributed by atoms with Gasteiger partial charge in [0.15, 0.2) is 0 Å². The van der Waals surface area contributed by atoms with Gasteiger partial charge in [-0.25, -0.2) is 10.1 Å². The third kappa shape index (κ3) is 3.68. The zero-order chi connectivity index (χ0) is 17.9. The van der Waals surface area contributed by atoms with Crippen molar-refractivity contribution in [1.29, 1.82) is 0 Å². The van der Waals surface area contributed by atoms with Gasteiger partial charge in [-0.05, 0) is 30.4 Å². The Morgan fingerprint density at radius 3 is 3.00 bits per heavy atom. The van der Waals surface area contributed by atoms with Crippen LogP contribution in [0.5, 0.6) is 5.88 Å². The summed E-state index contributed by atoms with van der Waals surface area (Å²) in [6.45, 7) is 3.03. The summed E-state index contributed by atoms with van der Waals surface area (Å²) in [5.41, 5.74) is 1.53. The molecule has 26 heavy (non-hydrogen) atoms. The van der Waals surface area contributed by atoms with E-state index in [9.17, 15) is 4.79 Å². The highest BCUT2D eigenvalue weighted by Crippen LogP contribution is 2.30. The molecule has 0 unspecified atom stereocenters. The summed E-state index contributed by atoms with van der Waals surface area (Å²) in [6, 6.07) is 4.10. The number of halogens is 1. The second kappa shape index (κ2) is 7.63. The summed E-state index contributed by atoms with van der Waals surface area (Å²) in [4.78, 5) is 18.0. The van der Waals surface area contributed by atoms with Crippen LogP contribution in [0.25, 0.3) is 0 Å². The molecule has 2 fully saturated rings. The van der Waals surface area contributed by atoms with E-state index in [4.69, 9.17) is 21.1 Å². The number of rotatable bonds is 4. The van der Waals surface area contributed by atoms with Gasteiger partial charge in [0, 0.05) is 38.4 Å². The Hall–Kier alpha value is -2.12. The fraction of sp³-hybridized carbons (Fsp3) is 0.500. The quantitative estimate of drug-likeness (QED) is 0.882. The first-order valence-corrected chi connectivity index (χ1v) is 9.27. The van der Waals surface area contributed by atoms with Crippen molar-refractivity contribution in [2.24, 2.45) is 0 Å². The molecule has 4 heterocycles. The topological polar surface area (TPSA) is 80.3 Å². The molecule has 2 aliphatic heterocycles. The minimum absolute atomic E-state index is 0.00259. The van der Waals surface area contributed by atoms with Gasteiger partial charge < -0.3 is 14.4 Å². The van der Waals surface area contributed by atoms with Crippen molar-refractivity contribution < 1.29 is 9.47 Å². The number of pyridine rings is 1. The number of anilines is 1. The van der Waals surface area contributed by atoms with Crippen LogP contribution in [0.1, 0.15) is 30.7 Å². The SMILES string of the molecule is O=c1[nH]ncc(N2CC[C@@H](Oc3cc(C4CCOCC4)ccn3)C2)c1Cl. The van der Waals surface area contributed by atoms with Crippen molar-refractivity contribution in [2.75, 3.05) is 31.2 Å². The predicted octanol–water partition coefficient (Wildman–Crippen LogP) is 2.37. The van der Waals surface area contributed by atoms with Gasteiger partial charge in [0.1, 0.15) is 11.1 Å². The van der Waals surface area contributed by atoms with Gasteiger partial charge in [0.2, 0.25) is 5.88 Å². The molecule has 2 aliphatic rings. The second-order valence-electron chi connectivity index (χ2n) is 6.69. The molecule has 2 saturated heterocycles. The third-order valence-electron chi connectivity index (χ3n) is 5.00. The Balaban J connectivity index is 1.42. The normalized spacial score (nSPS) is 21.1. The highest BCUT2D eigenvalue weighted by atomic mass is 35.5. The van der Waals surface area contributed by atoms with E-state index < -0.39 is 0 Å². The number of ether oxygens (including phenoxy) is 2. The summed E-state index contributed by atoms with van der Waals surface area (Å²) in [5, 5.41) is 6.34. The van der Waals surface area contributed by atoms with Crippen LogP contribution in [0.3, 0.4) is 0 Å². The van der Waals surface area contributed by atoms with Gasteiger partial charge in [-0.15, -0.1) is 0 Å². The van der Waals surface area contributed by atoms with Crippen molar-refractivity contribution in [2.45, 2.75) is 31.3 Å². The van der Waals surface area contributed by atoms with Gasteiger partial charge in [-0.2, -0.15) is 5.10 Å². The molecular weight excluding hydrogens is 356 g/mol. The lowest BCUT2D eigenvalue weighted by Crippen LogP contribution is -2.26. The van der Waals surface area contributed by atoms with E-state index >= 15 is 0 Å². The first-order valence-electron chi connectivity index (χ1n) is 8.89. The van der Waals surface area contributed by atoms with E-state index in [1.165, 1.54) is 5.56 Å². The molecule has 8 heteroatoms. The lowest BCUT2D eigenvalue weighted by atomic mass is 9.92. The molecule has 1 N–H and O–H groups in total. The number of nitrogens with one attached hydrogen (secondary N) is 1. The Kier molecular flexibility index (Phi) is 5.08. The number of hydrogen-bond acceptors (Lipinski definition) is 6. The summed E-state index contributed by atoms with van der Waals surface area (Å²) in [5.74, 6) is 1.16. The molecular formula is C18H21ClN4O3. The zero-order valence-corrected chi connectivity index (χ0v) is 15.1. The summed E-state index contributed by atoms with van der Waals surface area (Å²) in [7, 11) is 0. The van der Waals surface area contributed by atoms with E-state index in [0.717, 1.165) is 39.0 Å². The van der Waals surface area contributed by atoms with Gasteiger partial charge in [0.05, 0.1) is 18.4 Å². The fourth-order valence-corrected chi connectivity index (χ4v) is 3.79. The molecule has 2 aromatic rings. The monoisotopic (exact) mass is 376 g/mol. The van der Waals surface area contributed by atoms with E-state index in [-0.39, 0.29) is 16.7 Å². The van der Waals surface area contributed by atoms with Crippen molar-refractivity contribution in [3.8, 4) is 5.88 Å². The molecule has 4 rings (SSSR count). The Morgan fingerprint density at radius 2 is 2.15 bits per heavy atom. The van der Waals surface area contributed by atoms with Crippen LogP contribution in [-0.4, -0.2) is 47.6 Å². The summed E-state index contributed by atoms with van der Waals surface area (Å²) < 4.78 is 11.5. The molecule has 7 nitrogen and oxygen atoms in total. The first-order chi connectivity index (χ1) is 12.7. The molecule has 0 bridgehead atoms. The predicted molar refractivity (Wildman–Crippen MR) is 98.1 cm³/mol. The fourth-order valence-electron chi connectivity index (χ4n) is 3.58. The van der Waals surface area contributed by atoms with Gasteiger partial charge >= 0.3 is 0 Å². The largest absolute Gasteiger partial charge is 0.472 e. The lowest BCUT2D eigenvalue weighted by Gasteiger charge is -2.23. The van der Waals surface area contributed by atoms with Crippen molar-refractivity contribution in [1.82, 2.24) is 15.2 Å². The highest BCUT2D eigenvalue weighted by molar-refractivity contribution is 6.33. The van der Waals surface area contributed by atoms with E-state index in [1.54, 1.807) is 6.20 Å². The van der Waals surface area contributed by atoms with Gasteiger partial charge in [-0.3, -0.25) is 4.79 Å². The van der Waals surface area contributed by atoms with Crippen LogP contribution in [0, 0.1) is 0 Å². The first kappa shape index (κ1) is 17.3. The smallest absolute Gasteiger partial charge is 0.285 e. The second-order valence-corrected chi connectivity index (χ2v) is 7.06. The van der Waals surface area contributed by atoms with E-state index in [1.807, 2.05) is 17.2 Å². The Morgan fingerprint density at radius 1 is 1.31 bits per heavy atom. The molecule has 0 aromatic carbocycles. The maximum atomic E-state index is 11.6. The molecule has 0 radical (unpaired) electrons. The van der Waals surface area contributed by atoms with E-state index in [0.29, 0.717) is 24.0 Å². The van der Waals surface area contributed by atoms with Crippen LogP contribution < -0.4 is 15.2 Å². The lowest BCUT2D eigenvalue weighted by molar-refractivity contribution is 0.0852. The number of aromatic nitrogens is 3. The van der Waals surface area contributed by atoms with Crippen LogP contribution in [-0.2, 0) is 4.74 Å². The molecule has 138 valence electrons. The molecule has 1 atom stereocenters. The van der Waals surface area contributed by atoms with Gasteiger partial charge in [0.25, 0.3) is 5.56 Å². The maximum Gasteiger partial charge on any atom is 0.285 e. The number of aromatic amines is 1. The van der Waals surface area contributed by atoms with Crippen molar-refractivity contribution in [3.05, 3.63) is 45.5 Å². The van der Waals surface area contributed by atoms with Crippen LogP contribution in [0.2, 0.25) is 5.02 Å². The molecule has 2 aromatic heterocycles. The van der Waals surface area contributed by atoms with Crippen molar-refractivity contribution in [3.63, 3.8) is 0 Å². The number of nitrogens with zero attached hydrogens (tertiary/aromatic N) is 3. The minimum atomic E-state index is -0.376. The average molecular weight is 377 g/mol. The Labute approximate surface area is 156 Å². The van der Waals surface area contributed by atoms with Crippen LogP contribution in [0.4, 0.5) is 5.69 Å². The third-order valence-corrected chi connectivity index (χ3v) is 5.37. The highest BCUT2D eigenvalue weighted by Gasteiger charge is 2.27. The average Bonchev–Trinajstić information content (AvgIpc) is 3.13. The Bertz CT molecular complexity index is 822. The maximum absolute atomic E-state index is 11.6.